The topological polar surface area (TPSA) is 77.5 Å². The lowest BCUT2D eigenvalue weighted by atomic mass is 10.2. The number of aliphatic imine (C=N–C) groups is 1. The van der Waals surface area contributed by atoms with E-state index in [0.29, 0.717) is 6.42 Å². The zero-order valence-corrected chi connectivity index (χ0v) is 19.8. The van der Waals surface area contributed by atoms with Gasteiger partial charge in [0.15, 0.2) is 5.96 Å². The molecule has 2 fully saturated rings. The molecule has 0 aliphatic carbocycles. The fourth-order valence-electron chi connectivity index (χ4n) is 3.71. The highest BCUT2D eigenvalue weighted by molar-refractivity contribution is 14.0. The smallest absolute Gasteiger partial charge is 0.305 e. The number of halogens is 1. The number of methoxy groups -OCH3 is 1. The molecule has 1 unspecified atom stereocenters. The fraction of sp³-hybridized carbons (Fsp3) is 0.842. The first kappa shape index (κ1) is 24.9. The first-order valence-corrected chi connectivity index (χ1v) is 10.1. The summed E-state index contributed by atoms with van der Waals surface area (Å²) < 4.78 is 4.65. The van der Waals surface area contributed by atoms with Crippen molar-refractivity contribution in [1.82, 2.24) is 20.0 Å². The number of esters is 1. The number of ether oxygens (including phenoxy) is 1. The van der Waals surface area contributed by atoms with Crippen LogP contribution in [0.25, 0.3) is 0 Å². The number of likely N-dealkylation sites (tertiary alicyclic amines) is 1. The van der Waals surface area contributed by atoms with E-state index in [1.807, 2.05) is 11.8 Å². The molecule has 2 rings (SSSR count). The maximum absolute atomic E-state index is 12.6. The van der Waals surface area contributed by atoms with E-state index in [9.17, 15) is 9.59 Å². The predicted molar refractivity (Wildman–Crippen MR) is 121 cm³/mol. The average Bonchev–Trinajstić information content (AvgIpc) is 3.24. The first-order chi connectivity index (χ1) is 13.1. The maximum atomic E-state index is 12.6. The van der Waals surface area contributed by atoms with Crippen molar-refractivity contribution in [2.45, 2.75) is 45.1 Å². The van der Waals surface area contributed by atoms with Crippen LogP contribution >= 0.6 is 24.0 Å². The number of piperazine rings is 1. The van der Waals surface area contributed by atoms with E-state index in [4.69, 9.17) is 0 Å². The molecule has 0 aromatic rings. The minimum atomic E-state index is -0.159. The van der Waals surface area contributed by atoms with Crippen molar-refractivity contribution in [3.05, 3.63) is 0 Å². The Morgan fingerprint density at radius 3 is 2.25 bits per heavy atom. The normalized spacial score (nSPS) is 19.2. The van der Waals surface area contributed by atoms with Gasteiger partial charge in [0.25, 0.3) is 0 Å². The van der Waals surface area contributed by atoms with Crippen molar-refractivity contribution in [2.75, 3.05) is 60.0 Å². The van der Waals surface area contributed by atoms with E-state index < -0.39 is 0 Å². The average molecular weight is 509 g/mol. The van der Waals surface area contributed by atoms with Crippen LogP contribution in [0.15, 0.2) is 4.99 Å². The SMILES string of the molecule is CN=C(NCCCCC(=O)OC)N1CCN(C(C)C(=O)N2CCCC2)CC1.I. The highest BCUT2D eigenvalue weighted by Crippen LogP contribution is 2.14. The molecule has 162 valence electrons. The lowest BCUT2D eigenvalue weighted by molar-refractivity contribution is -0.140. The number of unbranched alkanes of at least 4 members (excludes halogenated alkanes) is 1. The van der Waals surface area contributed by atoms with Crippen molar-refractivity contribution in [3.8, 4) is 0 Å². The minimum Gasteiger partial charge on any atom is -0.469 e. The molecule has 8 nitrogen and oxygen atoms in total. The molecule has 0 bridgehead atoms. The van der Waals surface area contributed by atoms with Gasteiger partial charge in [0, 0.05) is 59.3 Å². The molecule has 1 N–H and O–H groups in total. The number of amides is 1. The number of guanidine groups is 1. The van der Waals surface area contributed by atoms with Gasteiger partial charge in [-0.25, -0.2) is 0 Å². The quantitative estimate of drug-likeness (QED) is 0.183. The Morgan fingerprint density at radius 1 is 1.04 bits per heavy atom. The van der Waals surface area contributed by atoms with E-state index in [1.165, 1.54) is 7.11 Å². The molecule has 0 aromatic heterocycles. The highest BCUT2D eigenvalue weighted by Gasteiger charge is 2.30. The lowest BCUT2D eigenvalue weighted by Crippen LogP contribution is -2.57. The van der Waals surface area contributed by atoms with Crippen molar-refractivity contribution in [3.63, 3.8) is 0 Å². The number of nitrogens with one attached hydrogen (secondary N) is 1. The van der Waals surface area contributed by atoms with E-state index in [2.05, 4.69) is 24.8 Å². The molecule has 1 amide bonds. The number of hydrogen-bond donors (Lipinski definition) is 1. The third kappa shape index (κ3) is 7.38. The second-order valence-corrected chi connectivity index (χ2v) is 7.24. The van der Waals surface area contributed by atoms with E-state index >= 15 is 0 Å². The Balaban J connectivity index is 0.00000392. The lowest BCUT2D eigenvalue weighted by Gasteiger charge is -2.39. The third-order valence-electron chi connectivity index (χ3n) is 5.47. The summed E-state index contributed by atoms with van der Waals surface area (Å²) in [4.78, 5) is 34.6. The molecule has 0 saturated carbocycles. The summed E-state index contributed by atoms with van der Waals surface area (Å²) >= 11 is 0. The van der Waals surface area contributed by atoms with Crippen LogP contribution in [0.1, 0.15) is 39.0 Å². The van der Waals surface area contributed by atoms with Crippen LogP contribution < -0.4 is 5.32 Å². The predicted octanol–water partition coefficient (Wildman–Crippen LogP) is 1.15. The Hall–Kier alpha value is -1.10. The molecule has 2 aliphatic rings. The second kappa shape index (κ2) is 13.2. The van der Waals surface area contributed by atoms with Crippen LogP contribution in [0.2, 0.25) is 0 Å². The molecule has 2 aliphatic heterocycles. The second-order valence-electron chi connectivity index (χ2n) is 7.24. The molecule has 0 spiro atoms. The molecule has 1 atom stereocenters. The van der Waals surface area contributed by atoms with Crippen LogP contribution in [-0.2, 0) is 14.3 Å². The van der Waals surface area contributed by atoms with Gasteiger partial charge >= 0.3 is 5.97 Å². The van der Waals surface area contributed by atoms with Crippen LogP contribution in [0.3, 0.4) is 0 Å². The standard InChI is InChI=1S/C19H35N5O3.HI/c1-16(18(26)23-10-6-7-11-23)22-12-14-24(15-13-22)19(20-2)21-9-5-4-8-17(25)27-3;/h16H,4-15H2,1-3H3,(H,20,21);1H. The zero-order chi connectivity index (χ0) is 19.6. The Kier molecular flexibility index (Phi) is 11.7. The Labute approximate surface area is 186 Å². The Morgan fingerprint density at radius 2 is 1.68 bits per heavy atom. The van der Waals surface area contributed by atoms with E-state index in [1.54, 1.807) is 7.05 Å². The molecular weight excluding hydrogens is 473 g/mol. The summed E-state index contributed by atoms with van der Waals surface area (Å²) in [5.41, 5.74) is 0. The van der Waals surface area contributed by atoms with Gasteiger partial charge in [0.2, 0.25) is 5.91 Å². The zero-order valence-electron chi connectivity index (χ0n) is 17.5. The molecule has 2 saturated heterocycles. The summed E-state index contributed by atoms with van der Waals surface area (Å²) in [6.07, 6.45) is 4.43. The molecular formula is C19H36IN5O3. The van der Waals surface area contributed by atoms with E-state index in [0.717, 1.165) is 77.5 Å². The monoisotopic (exact) mass is 509 g/mol. The number of rotatable bonds is 7. The van der Waals surface area contributed by atoms with Crippen LogP contribution in [-0.4, -0.2) is 98.5 Å². The third-order valence-corrected chi connectivity index (χ3v) is 5.47. The van der Waals surface area contributed by atoms with Crippen LogP contribution in [0.4, 0.5) is 0 Å². The summed E-state index contributed by atoms with van der Waals surface area (Å²) in [5, 5.41) is 3.37. The van der Waals surface area contributed by atoms with Gasteiger partial charge in [-0.1, -0.05) is 0 Å². The minimum absolute atomic E-state index is 0. The number of carbonyl (C=O) groups excluding carboxylic acids is 2. The van der Waals surface area contributed by atoms with Gasteiger partial charge in [-0.05, 0) is 32.6 Å². The van der Waals surface area contributed by atoms with Crippen molar-refractivity contribution >= 4 is 41.8 Å². The maximum Gasteiger partial charge on any atom is 0.305 e. The first-order valence-electron chi connectivity index (χ1n) is 10.1. The van der Waals surface area contributed by atoms with Gasteiger partial charge in [-0.3, -0.25) is 19.5 Å². The Bertz CT molecular complexity index is 518. The fourth-order valence-corrected chi connectivity index (χ4v) is 3.71. The van der Waals surface area contributed by atoms with Gasteiger partial charge in [0.05, 0.1) is 13.2 Å². The summed E-state index contributed by atoms with van der Waals surface area (Å²) in [7, 11) is 3.21. The van der Waals surface area contributed by atoms with Gasteiger partial charge in [0.1, 0.15) is 0 Å². The van der Waals surface area contributed by atoms with Gasteiger partial charge in [-0.2, -0.15) is 0 Å². The highest BCUT2D eigenvalue weighted by atomic mass is 127. The van der Waals surface area contributed by atoms with Gasteiger partial charge in [-0.15, -0.1) is 24.0 Å². The summed E-state index contributed by atoms with van der Waals surface area (Å²) in [5.74, 6) is 1.01. The molecule has 0 aromatic carbocycles. The number of hydrogen-bond acceptors (Lipinski definition) is 5. The van der Waals surface area contributed by atoms with Crippen LogP contribution in [0, 0.1) is 0 Å². The number of nitrogens with zero attached hydrogens (tertiary/aromatic N) is 4. The van der Waals surface area contributed by atoms with Crippen molar-refractivity contribution in [2.24, 2.45) is 4.99 Å². The largest absolute Gasteiger partial charge is 0.469 e. The number of carbonyl (C=O) groups is 2. The van der Waals surface area contributed by atoms with Crippen molar-refractivity contribution < 1.29 is 14.3 Å². The van der Waals surface area contributed by atoms with Gasteiger partial charge < -0.3 is 19.9 Å². The summed E-state index contributed by atoms with van der Waals surface area (Å²) in [6, 6.07) is -0.0430. The molecule has 0 radical (unpaired) electrons. The molecule has 28 heavy (non-hydrogen) atoms. The molecule has 2 heterocycles. The van der Waals surface area contributed by atoms with Crippen molar-refractivity contribution in [1.29, 1.82) is 0 Å². The van der Waals surface area contributed by atoms with Crippen LogP contribution in [0.5, 0.6) is 0 Å². The molecule has 9 heteroatoms. The van der Waals surface area contributed by atoms with E-state index in [-0.39, 0.29) is 41.9 Å². The summed E-state index contributed by atoms with van der Waals surface area (Å²) in [6.45, 7) is 8.09.